The Morgan fingerprint density at radius 1 is 1.15 bits per heavy atom. The van der Waals surface area contributed by atoms with Crippen LogP contribution in [-0.2, 0) is 26.4 Å². The zero-order chi connectivity index (χ0) is 24.2. The molecule has 2 aromatic carbocycles. The SMILES string of the molecule is CCC1(C)CO[PH](O)(Cc2ccc(NC(=O)CCc3cnoc3-c3ccc(F)cc3)cc2)OC1. The molecule has 4 rings (SSSR count). The number of benzene rings is 2. The van der Waals surface area contributed by atoms with Crippen LogP contribution in [0, 0.1) is 11.2 Å². The first-order chi connectivity index (χ1) is 16.3. The quantitative estimate of drug-likeness (QED) is 0.407. The third-order valence-corrected chi connectivity index (χ3v) is 8.23. The van der Waals surface area contributed by atoms with E-state index in [0.717, 1.165) is 17.5 Å². The topological polar surface area (TPSA) is 93.8 Å². The molecule has 34 heavy (non-hydrogen) atoms. The van der Waals surface area contributed by atoms with Crippen molar-refractivity contribution in [3.05, 3.63) is 71.7 Å². The van der Waals surface area contributed by atoms with Crippen molar-refractivity contribution in [1.29, 1.82) is 0 Å². The number of carbonyl (C=O) groups is 1. The number of halogens is 1. The molecule has 0 spiro atoms. The summed E-state index contributed by atoms with van der Waals surface area (Å²) in [6.45, 7) is 5.16. The van der Waals surface area contributed by atoms with Gasteiger partial charge in [-0.3, -0.25) is 0 Å². The Labute approximate surface area is 198 Å². The van der Waals surface area contributed by atoms with Crippen molar-refractivity contribution >= 4 is 19.5 Å². The molecule has 1 amide bonds. The van der Waals surface area contributed by atoms with Crippen molar-refractivity contribution in [2.45, 2.75) is 39.3 Å². The summed E-state index contributed by atoms with van der Waals surface area (Å²) in [5.41, 5.74) is 2.98. The number of carbonyl (C=O) groups excluding carboxylic acids is 1. The maximum atomic E-state index is 13.2. The van der Waals surface area contributed by atoms with Crippen LogP contribution >= 0.6 is 7.94 Å². The fourth-order valence-electron chi connectivity index (χ4n) is 3.68. The van der Waals surface area contributed by atoms with E-state index in [0.29, 0.717) is 42.8 Å². The van der Waals surface area contributed by atoms with Gasteiger partial charge in [-0.25, -0.2) is 4.39 Å². The van der Waals surface area contributed by atoms with E-state index in [-0.39, 0.29) is 23.6 Å². The average Bonchev–Trinajstić information content (AvgIpc) is 3.30. The van der Waals surface area contributed by atoms with Crippen LogP contribution in [0.1, 0.15) is 37.8 Å². The van der Waals surface area contributed by atoms with Gasteiger partial charge in [-0.15, -0.1) is 0 Å². The summed E-state index contributed by atoms with van der Waals surface area (Å²) in [6.07, 6.45) is 3.51. The second-order valence-corrected chi connectivity index (χ2v) is 11.4. The Balaban J connectivity index is 1.29. The Bertz CT molecular complexity index is 1110. The summed E-state index contributed by atoms with van der Waals surface area (Å²) in [7, 11) is -3.23. The molecule has 2 heterocycles. The van der Waals surface area contributed by atoms with Crippen LogP contribution in [0.5, 0.6) is 0 Å². The first kappa shape index (κ1) is 24.5. The van der Waals surface area contributed by atoms with Gasteiger partial charge in [0, 0.05) is 0 Å². The van der Waals surface area contributed by atoms with Gasteiger partial charge < -0.3 is 0 Å². The van der Waals surface area contributed by atoms with E-state index in [1.54, 1.807) is 30.5 Å². The second kappa shape index (κ2) is 10.3. The molecule has 3 aromatic rings. The molecule has 0 atom stereocenters. The average molecular weight is 488 g/mol. The molecular weight excluding hydrogens is 458 g/mol. The molecule has 0 saturated carbocycles. The van der Waals surface area contributed by atoms with Gasteiger partial charge in [0.05, 0.1) is 0 Å². The van der Waals surface area contributed by atoms with Crippen LogP contribution in [0.2, 0.25) is 0 Å². The summed E-state index contributed by atoms with van der Waals surface area (Å²) in [5.74, 6) is 0.0560. The van der Waals surface area contributed by atoms with Crippen molar-refractivity contribution < 1.29 is 27.6 Å². The number of nitrogens with one attached hydrogen (secondary N) is 1. The van der Waals surface area contributed by atoms with E-state index in [9.17, 15) is 14.1 Å². The van der Waals surface area contributed by atoms with Crippen LogP contribution in [0.15, 0.2) is 59.3 Å². The molecule has 1 fully saturated rings. The predicted octanol–water partition coefficient (Wildman–Crippen LogP) is 5.50. The fourth-order valence-corrected chi connectivity index (χ4v) is 5.86. The summed E-state index contributed by atoms with van der Waals surface area (Å²) in [5, 5.41) is 6.70. The van der Waals surface area contributed by atoms with E-state index in [4.69, 9.17) is 13.6 Å². The first-order valence-corrected chi connectivity index (χ1v) is 13.3. The van der Waals surface area contributed by atoms with Gasteiger partial charge in [-0.2, -0.15) is 0 Å². The molecule has 1 aliphatic heterocycles. The van der Waals surface area contributed by atoms with E-state index < -0.39 is 7.94 Å². The standard InChI is InChI=1S/C25H30FN2O5P/c1-3-25(2)16-31-34(30,32-17-25)15-18-4-11-22(12-5-18)28-23(29)13-8-20-14-27-33-24(20)19-6-9-21(26)10-7-19/h4-7,9-12,14,30,34H,3,8,13,15-17H2,1-2H3,(H,28,29). The minimum atomic E-state index is -3.23. The molecule has 1 aliphatic rings. The number of hydrogen-bond acceptors (Lipinski definition) is 6. The first-order valence-electron chi connectivity index (χ1n) is 11.4. The molecule has 0 aliphatic carbocycles. The number of aromatic nitrogens is 1. The molecule has 1 saturated heterocycles. The molecule has 2 N–H and O–H groups in total. The van der Waals surface area contributed by atoms with Crippen LogP contribution in [-0.4, -0.2) is 29.2 Å². The zero-order valence-electron chi connectivity index (χ0n) is 19.3. The zero-order valence-corrected chi connectivity index (χ0v) is 20.3. The van der Waals surface area contributed by atoms with Gasteiger partial charge in [-0.1, -0.05) is 0 Å². The molecule has 182 valence electrons. The second-order valence-electron chi connectivity index (χ2n) is 9.06. The number of hydrogen-bond donors (Lipinski definition) is 2. The van der Waals surface area contributed by atoms with Crippen LogP contribution in [0.25, 0.3) is 11.3 Å². The molecular formula is C25H30FN2O5P. The van der Waals surface area contributed by atoms with Gasteiger partial charge in [-0.05, 0) is 24.3 Å². The molecule has 7 nitrogen and oxygen atoms in total. The van der Waals surface area contributed by atoms with Crippen molar-refractivity contribution in [2.75, 3.05) is 18.5 Å². The summed E-state index contributed by atoms with van der Waals surface area (Å²) in [4.78, 5) is 23.2. The van der Waals surface area contributed by atoms with Crippen molar-refractivity contribution in [3.8, 4) is 11.3 Å². The third-order valence-electron chi connectivity index (χ3n) is 6.18. The van der Waals surface area contributed by atoms with Gasteiger partial charge in [0.1, 0.15) is 5.82 Å². The van der Waals surface area contributed by atoms with E-state index in [1.807, 2.05) is 12.1 Å². The molecule has 0 unspecified atom stereocenters. The number of aryl methyl sites for hydroxylation is 1. The summed E-state index contributed by atoms with van der Waals surface area (Å²) < 4.78 is 30.0. The van der Waals surface area contributed by atoms with Gasteiger partial charge in [0.2, 0.25) is 0 Å². The Morgan fingerprint density at radius 2 is 1.82 bits per heavy atom. The predicted molar refractivity (Wildman–Crippen MR) is 130 cm³/mol. The van der Waals surface area contributed by atoms with Gasteiger partial charge >= 0.3 is 164 Å². The minimum absolute atomic E-state index is 0.0559. The molecule has 0 bridgehead atoms. The summed E-state index contributed by atoms with van der Waals surface area (Å²) in [6, 6.07) is 13.3. The molecule has 1 aromatic heterocycles. The van der Waals surface area contributed by atoms with Gasteiger partial charge in [0.15, 0.2) is 0 Å². The third kappa shape index (κ3) is 6.07. The Morgan fingerprint density at radius 3 is 2.47 bits per heavy atom. The normalized spacial score (nSPS) is 20.6. The van der Waals surface area contributed by atoms with Crippen LogP contribution in [0.3, 0.4) is 0 Å². The molecule has 9 heteroatoms. The number of nitrogens with zero attached hydrogens (tertiary/aromatic N) is 1. The van der Waals surface area contributed by atoms with Crippen molar-refractivity contribution in [3.63, 3.8) is 0 Å². The van der Waals surface area contributed by atoms with E-state index in [1.165, 1.54) is 12.1 Å². The van der Waals surface area contributed by atoms with Crippen LogP contribution in [0.4, 0.5) is 10.1 Å². The number of amides is 1. The maximum absolute atomic E-state index is 13.2. The van der Waals surface area contributed by atoms with Crippen molar-refractivity contribution in [2.24, 2.45) is 5.41 Å². The fraction of sp³-hybridized carbons (Fsp3) is 0.360. The number of anilines is 1. The number of rotatable bonds is 8. The monoisotopic (exact) mass is 488 g/mol. The molecule has 0 radical (unpaired) electrons. The summed E-state index contributed by atoms with van der Waals surface area (Å²) >= 11 is 0. The van der Waals surface area contributed by atoms with Crippen LogP contribution < -0.4 is 5.32 Å². The Hall–Kier alpha value is -2.64. The van der Waals surface area contributed by atoms with E-state index >= 15 is 0 Å². The van der Waals surface area contributed by atoms with E-state index in [2.05, 4.69) is 24.3 Å². The van der Waals surface area contributed by atoms with Crippen molar-refractivity contribution in [1.82, 2.24) is 5.16 Å². The van der Waals surface area contributed by atoms with Gasteiger partial charge in [0.25, 0.3) is 0 Å². The Kier molecular flexibility index (Phi) is 7.43.